The molecular weight excluding hydrogens is 266 g/mol. The summed E-state index contributed by atoms with van der Waals surface area (Å²) in [5.74, 6) is 1.04. The predicted molar refractivity (Wildman–Crippen MR) is 80.9 cm³/mol. The third kappa shape index (κ3) is 2.43. The molecular formula is C17H19NO3. The summed E-state index contributed by atoms with van der Waals surface area (Å²) < 4.78 is 5.24. The monoisotopic (exact) mass is 285 g/mol. The summed E-state index contributed by atoms with van der Waals surface area (Å²) in [5, 5.41) is 20.0. The molecule has 0 saturated carbocycles. The van der Waals surface area contributed by atoms with E-state index in [9.17, 15) is 10.2 Å². The van der Waals surface area contributed by atoms with Gasteiger partial charge in [-0.2, -0.15) is 0 Å². The summed E-state index contributed by atoms with van der Waals surface area (Å²) in [5.41, 5.74) is 3.11. The molecule has 0 aromatic heterocycles. The van der Waals surface area contributed by atoms with Crippen molar-refractivity contribution in [2.24, 2.45) is 0 Å². The highest BCUT2D eigenvalue weighted by Crippen LogP contribution is 2.43. The lowest BCUT2D eigenvalue weighted by Crippen LogP contribution is -2.31. The number of hydrogen-bond donors (Lipinski definition) is 2. The van der Waals surface area contributed by atoms with Gasteiger partial charge in [0.15, 0.2) is 11.5 Å². The third-order valence-electron chi connectivity index (χ3n) is 4.07. The second-order valence-electron chi connectivity index (χ2n) is 5.53. The Hall–Kier alpha value is -2.20. The standard InChI is InChI=1S/C17H19NO3/c1-18-9-12-5-8-15(21-2)17(20)16(12)14(10-18)11-3-6-13(19)7-4-11/h3-8,14,19-20H,9-10H2,1-2H3/t14-/m1/s1. The molecule has 0 fully saturated rings. The third-order valence-corrected chi connectivity index (χ3v) is 4.07. The summed E-state index contributed by atoms with van der Waals surface area (Å²) in [7, 11) is 3.63. The number of phenolic OH excluding ortho intramolecular Hbond substituents is 2. The molecule has 0 saturated heterocycles. The molecule has 0 unspecified atom stereocenters. The normalized spacial score (nSPS) is 18.3. The number of aromatic hydroxyl groups is 2. The van der Waals surface area contributed by atoms with Gasteiger partial charge >= 0.3 is 0 Å². The van der Waals surface area contributed by atoms with Crippen LogP contribution in [0.15, 0.2) is 36.4 Å². The number of nitrogens with zero attached hydrogens (tertiary/aromatic N) is 1. The van der Waals surface area contributed by atoms with Crippen molar-refractivity contribution in [3.8, 4) is 17.2 Å². The summed E-state index contributed by atoms with van der Waals surface area (Å²) in [6.07, 6.45) is 0. The average Bonchev–Trinajstić information content (AvgIpc) is 2.47. The molecule has 4 heteroatoms. The fourth-order valence-electron chi connectivity index (χ4n) is 3.06. The minimum absolute atomic E-state index is 0.0643. The lowest BCUT2D eigenvalue weighted by Gasteiger charge is -2.33. The van der Waals surface area contributed by atoms with E-state index in [1.165, 1.54) is 0 Å². The van der Waals surface area contributed by atoms with Crippen LogP contribution in [-0.2, 0) is 6.54 Å². The van der Waals surface area contributed by atoms with Crippen molar-refractivity contribution in [3.05, 3.63) is 53.1 Å². The fourth-order valence-corrected chi connectivity index (χ4v) is 3.06. The molecule has 0 spiro atoms. The van der Waals surface area contributed by atoms with E-state index in [-0.39, 0.29) is 17.4 Å². The maximum absolute atomic E-state index is 10.5. The quantitative estimate of drug-likeness (QED) is 0.890. The first-order valence-corrected chi connectivity index (χ1v) is 6.96. The summed E-state index contributed by atoms with van der Waals surface area (Å²) in [6, 6.07) is 11.0. The van der Waals surface area contributed by atoms with Gasteiger partial charge in [-0.1, -0.05) is 18.2 Å². The molecule has 110 valence electrons. The highest BCUT2D eigenvalue weighted by atomic mass is 16.5. The van der Waals surface area contributed by atoms with Crippen molar-refractivity contribution < 1.29 is 14.9 Å². The van der Waals surface area contributed by atoms with Crippen molar-refractivity contribution in [2.45, 2.75) is 12.5 Å². The van der Waals surface area contributed by atoms with Crippen LogP contribution in [0.25, 0.3) is 0 Å². The lowest BCUT2D eigenvalue weighted by molar-refractivity contribution is 0.286. The van der Waals surface area contributed by atoms with Gasteiger partial charge in [0.2, 0.25) is 0 Å². The van der Waals surface area contributed by atoms with E-state index in [1.807, 2.05) is 18.2 Å². The highest BCUT2D eigenvalue weighted by Gasteiger charge is 2.29. The molecule has 0 amide bonds. The van der Waals surface area contributed by atoms with Crippen LogP contribution in [0.5, 0.6) is 17.2 Å². The zero-order chi connectivity index (χ0) is 15.0. The highest BCUT2D eigenvalue weighted by molar-refractivity contribution is 5.55. The molecule has 1 heterocycles. The maximum Gasteiger partial charge on any atom is 0.161 e. The van der Waals surface area contributed by atoms with Crippen LogP contribution >= 0.6 is 0 Å². The largest absolute Gasteiger partial charge is 0.508 e. The van der Waals surface area contributed by atoms with Crippen LogP contribution in [0.1, 0.15) is 22.6 Å². The SMILES string of the molecule is COc1ccc2c(c1O)[C@@H](c1ccc(O)cc1)CN(C)C2. The molecule has 2 aromatic carbocycles. The molecule has 3 rings (SSSR count). The van der Waals surface area contributed by atoms with E-state index in [1.54, 1.807) is 25.3 Å². The number of likely N-dealkylation sites (N-methyl/N-ethyl adjacent to an activating group) is 1. The van der Waals surface area contributed by atoms with Crippen LogP contribution < -0.4 is 4.74 Å². The number of phenols is 2. The molecule has 1 aliphatic heterocycles. The minimum Gasteiger partial charge on any atom is -0.508 e. The Morgan fingerprint density at radius 3 is 2.48 bits per heavy atom. The van der Waals surface area contributed by atoms with Crippen molar-refractivity contribution in [3.63, 3.8) is 0 Å². The molecule has 21 heavy (non-hydrogen) atoms. The Bertz CT molecular complexity index is 652. The lowest BCUT2D eigenvalue weighted by atomic mass is 9.84. The number of methoxy groups -OCH3 is 1. The van der Waals surface area contributed by atoms with Gasteiger partial charge < -0.3 is 19.8 Å². The molecule has 2 aromatic rings. The molecule has 1 aliphatic rings. The van der Waals surface area contributed by atoms with Crippen LogP contribution in [0.4, 0.5) is 0 Å². The summed E-state index contributed by atoms with van der Waals surface area (Å²) in [4.78, 5) is 2.23. The van der Waals surface area contributed by atoms with Gasteiger partial charge in [0.05, 0.1) is 7.11 Å². The van der Waals surface area contributed by atoms with Crippen molar-refractivity contribution >= 4 is 0 Å². The second kappa shape index (κ2) is 5.30. The Morgan fingerprint density at radius 2 is 1.81 bits per heavy atom. The Balaban J connectivity index is 2.13. The van der Waals surface area contributed by atoms with Gasteiger partial charge in [0.1, 0.15) is 5.75 Å². The van der Waals surface area contributed by atoms with Crippen LogP contribution in [0, 0.1) is 0 Å². The van der Waals surface area contributed by atoms with E-state index in [2.05, 4.69) is 11.9 Å². The Labute approximate surface area is 124 Å². The van der Waals surface area contributed by atoms with Crippen LogP contribution in [0.3, 0.4) is 0 Å². The molecule has 0 radical (unpaired) electrons. The zero-order valence-electron chi connectivity index (χ0n) is 12.2. The second-order valence-corrected chi connectivity index (χ2v) is 5.53. The number of fused-ring (bicyclic) bond motifs is 1. The maximum atomic E-state index is 10.5. The first-order valence-electron chi connectivity index (χ1n) is 6.96. The van der Waals surface area contributed by atoms with Gasteiger partial charge in [0.25, 0.3) is 0 Å². The van der Waals surface area contributed by atoms with E-state index in [0.717, 1.165) is 29.8 Å². The molecule has 1 atom stereocenters. The van der Waals surface area contributed by atoms with Crippen molar-refractivity contribution in [2.75, 3.05) is 20.7 Å². The van der Waals surface area contributed by atoms with Crippen LogP contribution in [-0.4, -0.2) is 35.8 Å². The smallest absolute Gasteiger partial charge is 0.161 e. The van der Waals surface area contributed by atoms with Crippen molar-refractivity contribution in [1.82, 2.24) is 4.90 Å². The van der Waals surface area contributed by atoms with E-state index in [4.69, 9.17) is 4.74 Å². The van der Waals surface area contributed by atoms with E-state index >= 15 is 0 Å². The van der Waals surface area contributed by atoms with E-state index < -0.39 is 0 Å². The molecule has 0 bridgehead atoms. The molecule has 2 N–H and O–H groups in total. The van der Waals surface area contributed by atoms with Gasteiger partial charge in [0, 0.05) is 24.6 Å². The molecule has 0 aliphatic carbocycles. The number of ether oxygens (including phenoxy) is 1. The average molecular weight is 285 g/mol. The number of rotatable bonds is 2. The van der Waals surface area contributed by atoms with Gasteiger partial charge in [-0.25, -0.2) is 0 Å². The van der Waals surface area contributed by atoms with Gasteiger partial charge in [-0.15, -0.1) is 0 Å². The van der Waals surface area contributed by atoms with E-state index in [0.29, 0.717) is 5.75 Å². The van der Waals surface area contributed by atoms with Crippen molar-refractivity contribution in [1.29, 1.82) is 0 Å². The Kier molecular flexibility index (Phi) is 3.47. The number of hydrogen-bond acceptors (Lipinski definition) is 4. The van der Waals surface area contributed by atoms with Gasteiger partial charge in [-0.3, -0.25) is 0 Å². The topological polar surface area (TPSA) is 52.9 Å². The molecule has 4 nitrogen and oxygen atoms in total. The number of benzene rings is 2. The minimum atomic E-state index is 0.0643. The summed E-state index contributed by atoms with van der Waals surface area (Å²) in [6.45, 7) is 1.62. The first kappa shape index (κ1) is 13.8. The fraction of sp³-hybridized carbons (Fsp3) is 0.294. The predicted octanol–water partition coefficient (Wildman–Crippen LogP) is 2.68. The van der Waals surface area contributed by atoms with Gasteiger partial charge in [-0.05, 0) is 36.4 Å². The first-order chi connectivity index (χ1) is 10.1. The zero-order valence-corrected chi connectivity index (χ0v) is 12.2. The Morgan fingerprint density at radius 1 is 1.10 bits per heavy atom. The van der Waals surface area contributed by atoms with Crippen LogP contribution in [0.2, 0.25) is 0 Å². The summed E-state index contributed by atoms with van der Waals surface area (Å²) >= 11 is 0.